The molecule has 0 bridgehead atoms. The van der Waals surface area contributed by atoms with Crippen LogP contribution in [0.4, 0.5) is 5.82 Å². The number of aromatic nitrogens is 1. The number of methoxy groups -OCH3 is 1. The molecule has 0 saturated carbocycles. The van der Waals surface area contributed by atoms with Gasteiger partial charge in [0.05, 0.1) is 17.0 Å². The van der Waals surface area contributed by atoms with Crippen LogP contribution in [0, 0.1) is 0 Å². The number of sulfonamides is 1. The summed E-state index contributed by atoms with van der Waals surface area (Å²) in [5.74, 6) is 0.499. The highest BCUT2D eigenvalue weighted by Crippen LogP contribution is 2.27. The highest BCUT2D eigenvalue weighted by molar-refractivity contribution is 7.92. The van der Waals surface area contributed by atoms with Crippen LogP contribution in [0.1, 0.15) is 0 Å². The molecule has 8 heteroatoms. The lowest BCUT2D eigenvalue weighted by molar-refractivity contribution is 0.414. The van der Waals surface area contributed by atoms with E-state index in [2.05, 4.69) is 14.4 Å². The van der Waals surface area contributed by atoms with Crippen molar-refractivity contribution in [3.05, 3.63) is 35.6 Å². The first-order valence-corrected chi connectivity index (χ1v) is 6.66. The molecule has 0 unspecified atom stereocenters. The third-order valence-corrected chi connectivity index (χ3v) is 3.76. The SMILES string of the molecule is COc1ccc(S(=O)(=O)Nc2ccon2)cc1Cl. The Morgan fingerprint density at radius 2 is 2.17 bits per heavy atom. The number of hydrogen-bond acceptors (Lipinski definition) is 5. The van der Waals surface area contributed by atoms with E-state index in [-0.39, 0.29) is 15.7 Å². The topological polar surface area (TPSA) is 81.4 Å². The van der Waals surface area contributed by atoms with Crippen molar-refractivity contribution >= 4 is 27.4 Å². The van der Waals surface area contributed by atoms with Gasteiger partial charge in [-0.05, 0) is 18.2 Å². The molecule has 0 aliphatic carbocycles. The van der Waals surface area contributed by atoms with Crippen LogP contribution in [0.5, 0.6) is 5.75 Å². The van der Waals surface area contributed by atoms with E-state index < -0.39 is 10.0 Å². The van der Waals surface area contributed by atoms with E-state index in [0.717, 1.165) is 0 Å². The van der Waals surface area contributed by atoms with Crippen molar-refractivity contribution in [1.29, 1.82) is 0 Å². The van der Waals surface area contributed by atoms with Gasteiger partial charge >= 0.3 is 0 Å². The van der Waals surface area contributed by atoms with Crippen LogP contribution in [0.25, 0.3) is 0 Å². The Kier molecular flexibility index (Phi) is 3.44. The second-order valence-corrected chi connectivity index (χ2v) is 5.38. The number of ether oxygens (including phenoxy) is 1. The van der Waals surface area contributed by atoms with Crippen molar-refractivity contribution in [2.75, 3.05) is 11.8 Å². The van der Waals surface area contributed by atoms with Gasteiger partial charge in [0, 0.05) is 6.07 Å². The molecule has 0 aliphatic heterocycles. The minimum Gasteiger partial charge on any atom is -0.495 e. The number of nitrogens with one attached hydrogen (secondary N) is 1. The second kappa shape index (κ2) is 4.87. The molecular weight excluding hydrogens is 280 g/mol. The Bertz CT molecular complexity index is 640. The smallest absolute Gasteiger partial charge is 0.263 e. The molecular formula is C10H9ClN2O4S. The minimum absolute atomic E-state index is 0.0105. The fourth-order valence-electron chi connectivity index (χ4n) is 1.28. The normalized spacial score (nSPS) is 11.2. The van der Waals surface area contributed by atoms with Gasteiger partial charge in [0.25, 0.3) is 10.0 Å². The van der Waals surface area contributed by atoms with Crippen LogP contribution in [0.15, 0.2) is 39.9 Å². The van der Waals surface area contributed by atoms with E-state index in [9.17, 15) is 8.42 Å². The van der Waals surface area contributed by atoms with E-state index in [1.807, 2.05) is 0 Å². The number of nitrogens with zero attached hydrogens (tertiary/aromatic N) is 1. The van der Waals surface area contributed by atoms with Crippen molar-refractivity contribution in [1.82, 2.24) is 5.16 Å². The van der Waals surface area contributed by atoms with E-state index in [1.165, 1.54) is 37.6 Å². The number of halogens is 1. The van der Waals surface area contributed by atoms with Crippen LogP contribution in [-0.4, -0.2) is 20.7 Å². The zero-order chi connectivity index (χ0) is 13.2. The zero-order valence-corrected chi connectivity index (χ0v) is 10.8. The first kappa shape index (κ1) is 12.7. The highest BCUT2D eigenvalue weighted by Gasteiger charge is 2.17. The van der Waals surface area contributed by atoms with Gasteiger partial charge in [-0.15, -0.1) is 0 Å². The van der Waals surface area contributed by atoms with Gasteiger partial charge in [0.1, 0.15) is 12.0 Å². The zero-order valence-electron chi connectivity index (χ0n) is 9.25. The van der Waals surface area contributed by atoms with E-state index in [4.69, 9.17) is 16.3 Å². The Morgan fingerprint density at radius 3 is 2.72 bits per heavy atom. The predicted molar refractivity (Wildman–Crippen MR) is 65.3 cm³/mol. The van der Waals surface area contributed by atoms with Crippen molar-refractivity contribution in [2.24, 2.45) is 0 Å². The first-order chi connectivity index (χ1) is 8.53. The summed E-state index contributed by atoms with van der Waals surface area (Å²) >= 11 is 5.87. The van der Waals surface area contributed by atoms with Crippen molar-refractivity contribution in [3.8, 4) is 5.75 Å². The molecule has 0 atom stereocenters. The van der Waals surface area contributed by atoms with Crippen LogP contribution in [-0.2, 0) is 10.0 Å². The number of benzene rings is 1. The number of hydrogen-bond donors (Lipinski definition) is 1. The van der Waals surface area contributed by atoms with Crippen molar-refractivity contribution in [3.63, 3.8) is 0 Å². The molecule has 1 heterocycles. The highest BCUT2D eigenvalue weighted by atomic mass is 35.5. The third kappa shape index (κ3) is 2.57. The standard InChI is InChI=1S/C10H9ClN2O4S/c1-16-9-3-2-7(6-8(9)11)18(14,15)13-10-4-5-17-12-10/h2-6H,1H3,(H,12,13). The predicted octanol–water partition coefficient (Wildman–Crippen LogP) is 2.14. The lowest BCUT2D eigenvalue weighted by Crippen LogP contribution is -2.13. The number of rotatable bonds is 4. The molecule has 0 spiro atoms. The van der Waals surface area contributed by atoms with Gasteiger partial charge in [-0.25, -0.2) is 8.42 Å². The summed E-state index contributed by atoms with van der Waals surface area (Å²) in [6.07, 6.45) is 1.26. The average Bonchev–Trinajstić information content (AvgIpc) is 2.81. The second-order valence-electron chi connectivity index (χ2n) is 3.29. The van der Waals surface area contributed by atoms with Gasteiger partial charge < -0.3 is 9.26 Å². The van der Waals surface area contributed by atoms with E-state index in [0.29, 0.717) is 5.75 Å². The lowest BCUT2D eigenvalue weighted by Gasteiger charge is -2.07. The van der Waals surface area contributed by atoms with Gasteiger partial charge in [0.2, 0.25) is 0 Å². The monoisotopic (exact) mass is 288 g/mol. The maximum Gasteiger partial charge on any atom is 0.263 e. The molecule has 96 valence electrons. The van der Waals surface area contributed by atoms with Crippen molar-refractivity contribution < 1.29 is 17.7 Å². The Morgan fingerprint density at radius 1 is 1.39 bits per heavy atom. The summed E-state index contributed by atoms with van der Waals surface area (Å²) in [6, 6.07) is 5.54. The van der Waals surface area contributed by atoms with Crippen LogP contribution >= 0.6 is 11.6 Å². The lowest BCUT2D eigenvalue weighted by atomic mass is 10.3. The summed E-state index contributed by atoms with van der Waals surface area (Å²) in [7, 11) is -2.30. The Hall–Kier alpha value is -1.73. The minimum atomic E-state index is -3.74. The summed E-state index contributed by atoms with van der Waals surface area (Å²) in [5, 5.41) is 3.67. The summed E-state index contributed by atoms with van der Waals surface area (Å²) < 4.78 is 35.6. The molecule has 1 N–H and O–H groups in total. The van der Waals surface area contributed by atoms with Gasteiger partial charge in [-0.2, -0.15) is 0 Å². The number of anilines is 1. The van der Waals surface area contributed by atoms with E-state index in [1.54, 1.807) is 0 Å². The van der Waals surface area contributed by atoms with E-state index >= 15 is 0 Å². The largest absolute Gasteiger partial charge is 0.495 e. The maximum absolute atomic E-state index is 12.0. The quantitative estimate of drug-likeness (QED) is 0.932. The molecule has 0 aliphatic rings. The fourth-order valence-corrected chi connectivity index (χ4v) is 2.62. The molecule has 6 nitrogen and oxygen atoms in total. The van der Waals surface area contributed by atoms with Gasteiger partial charge in [-0.1, -0.05) is 16.8 Å². The molecule has 0 saturated heterocycles. The Labute approximate surface area is 109 Å². The fraction of sp³-hybridized carbons (Fsp3) is 0.100. The van der Waals surface area contributed by atoms with Crippen LogP contribution in [0.2, 0.25) is 5.02 Å². The van der Waals surface area contributed by atoms with Crippen LogP contribution in [0.3, 0.4) is 0 Å². The molecule has 18 heavy (non-hydrogen) atoms. The average molecular weight is 289 g/mol. The van der Waals surface area contributed by atoms with Gasteiger partial charge in [0.15, 0.2) is 5.82 Å². The molecule has 0 fully saturated rings. The molecule has 1 aromatic heterocycles. The summed E-state index contributed by atoms with van der Waals surface area (Å²) in [6.45, 7) is 0. The third-order valence-electron chi connectivity index (χ3n) is 2.11. The van der Waals surface area contributed by atoms with Crippen LogP contribution < -0.4 is 9.46 Å². The molecule has 0 radical (unpaired) electrons. The maximum atomic E-state index is 12.0. The summed E-state index contributed by atoms with van der Waals surface area (Å²) in [4.78, 5) is 0.0105. The van der Waals surface area contributed by atoms with Crippen molar-refractivity contribution in [2.45, 2.75) is 4.90 Å². The van der Waals surface area contributed by atoms with Gasteiger partial charge in [-0.3, -0.25) is 4.72 Å². The Balaban J connectivity index is 2.33. The summed E-state index contributed by atoms with van der Waals surface area (Å²) in [5.41, 5.74) is 0. The molecule has 2 rings (SSSR count). The molecule has 2 aromatic rings. The first-order valence-electron chi connectivity index (χ1n) is 4.79. The molecule has 0 amide bonds. The molecule has 1 aromatic carbocycles.